The van der Waals surface area contributed by atoms with Crippen molar-refractivity contribution in [3.05, 3.63) is 64.7 Å². The van der Waals surface area contributed by atoms with Crippen LogP contribution in [0, 0.1) is 5.92 Å². The fourth-order valence-electron chi connectivity index (χ4n) is 2.99. The van der Waals surface area contributed by atoms with Gasteiger partial charge in [-0.3, -0.25) is 14.4 Å². The van der Waals surface area contributed by atoms with Gasteiger partial charge in [-0.2, -0.15) is 0 Å². The van der Waals surface area contributed by atoms with Gasteiger partial charge in [0, 0.05) is 16.8 Å². The molecule has 0 aliphatic carbocycles. The van der Waals surface area contributed by atoms with Gasteiger partial charge in [-0.15, -0.1) is 0 Å². The molecule has 1 atom stereocenters. The summed E-state index contributed by atoms with van der Waals surface area (Å²) in [5.41, 5.74) is 2.05. The highest BCUT2D eigenvalue weighted by molar-refractivity contribution is 6.39. The SMILES string of the molecule is CC(C)NC(=O)Cc1ccc(NC(=O)C(=O)NC(c2ccccc2Cl)C(C)C)cc1. The molecule has 0 bridgehead atoms. The average molecular weight is 430 g/mol. The molecule has 0 aromatic heterocycles. The summed E-state index contributed by atoms with van der Waals surface area (Å²) in [6, 6.07) is 13.7. The molecule has 0 saturated carbocycles. The summed E-state index contributed by atoms with van der Waals surface area (Å²) in [7, 11) is 0. The van der Waals surface area contributed by atoms with Gasteiger partial charge in [0.25, 0.3) is 0 Å². The van der Waals surface area contributed by atoms with Gasteiger partial charge < -0.3 is 16.0 Å². The predicted octanol–water partition coefficient (Wildman–Crippen LogP) is 3.86. The quantitative estimate of drug-likeness (QED) is 0.584. The fraction of sp³-hybridized carbons (Fsp3) is 0.348. The second-order valence-electron chi connectivity index (χ2n) is 7.77. The lowest BCUT2D eigenvalue weighted by atomic mass is 9.96. The zero-order valence-corrected chi connectivity index (χ0v) is 18.4. The van der Waals surface area contributed by atoms with Gasteiger partial charge in [0.15, 0.2) is 0 Å². The van der Waals surface area contributed by atoms with Crippen molar-refractivity contribution in [2.24, 2.45) is 5.92 Å². The van der Waals surface area contributed by atoms with E-state index in [1.165, 1.54) is 0 Å². The molecule has 0 heterocycles. The van der Waals surface area contributed by atoms with Crippen LogP contribution in [0.2, 0.25) is 5.02 Å². The summed E-state index contributed by atoms with van der Waals surface area (Å²) < 4.78 is 0. The summed E-state index contributed by atoms with van der Waals surface area (Å²) in [6.07, 6.45) is 0.251. The van der Waals surface area contributed by atoms with E-state index >= 15 is 0 Å². The van der Waals surface area contributed by atoms with E-state index in [1.54, 1.807) is 30.3 Å². The highest BCUT2D eigenvalue weighted by atomic mass is 35.5. The van der Waals surface area contributed by atoms with Gasteiger partial charge in [0.2, 0.25) is 5.91 Å². The van der Waals surface area contributed by atoms with E-state index in [9.17, 15) is 14.4 Å². The van der Waals surface area contributed by atoms with E-state index in [-0.39, 0.29) is 24.3 Å². The lowest BCUT2D eigenvalue weighted by molar-refractivity contribution is -0.136. The minimum atomic E-state index is -0.766. The van der Waals surface area contributed by atoms with Crippen molar-refractivity contribution in [1.82, 2.24) is 10.6 Å². The third-order valence-electron chi connectivity index (χ3n) is 4.43. The maximum Gasteiger partial charge on any atom is 0.313 e. The molecule has 0 saturated heterocycles. The number of nitrogens with one attached hydrogen (secondary N) is 3. The van der Waals surface area contributed by atoms with Crippen LogP contribution in [0.25, 0.3) is 0 Å². The number of benzene rings is 2. The molecule has 30 heavy (non-hydrogen) atoms. The smallest absolute Gasteiger partial charge is 0.313 e. The van der Waals surface area contributed by atoms with E-state index in [0.29, 0.717) is 10.7 Å². The summed E-state index contributed by atoms with van der Waals surface area (Å²) in [6.45, 7) is 7.69. The monoisotopic (exact) mass is 429 g/mol. The molecule has 7 heteroatoms. The van der Waals surface area contributed by atoms with Gasteiger partial charge in [-0.05, 0) is 49.1 Å². The van der Waals surface area contributed by atoms with Crippen molar-refractivity contribution in [3.63, 3.8) is 0 Å². The van der Waals surface area contributed by atoms with Gasteiger partial charge in [0.05, 0.1) is 12.5 Å². The minimum absolute atomic E-state index is 0.0397. The highest BCUT2D eigenvalue weighted by Gasteiger charge is 2.24. The lowest BCUT2D eigenvalue weighted by Gasteiger charge is -2.23. The molecule has 6 nitrogen and oxygen atoms in total. The molecule has 1 unspecified atom stereocenters. The molecule has 0 fully saturated rings. The van der Waals surface area contributed by atoms with Crippen LogP contribution in [0.4, 0.5) is 5.69 Å². The molecule has 0 spiro atoms. The summed E-state index contributed by atoms with van der Waals surface area (Å²) in [4.78, 5) is 36.6. The molecule has 0 aliphatic rings. The van der Waals surface area contributed by atoms with Crippen molar-refractivity contribution < 1.29 is 14.4 Å². The largest absolute Gasteiger partial charge is 0.354 e. The number of anilines is 1. The van der Waals surface area contributed by atoms with Crippen molar-refractivity contribution in [1.29, 1.82) is 0 Å². The first kappa shape index (κ1) is 23.4. The fourth-order valence-corrected chi connectivity index (χ4v) is 3.24. The van der Waals surface area contributed by atoms with E-state index in [0.717, 1.165) is 11.1 Å². The molecular formula is C23H28ClN3O3. The highest BCUT2D eigenvalue weighted by Crippen LogP contribution is 2.28. The first-order valence-electron chi connectivity index (χ1n) is 9.92. The molecule has 0 radical (unpaired) electrons. The van der Waals surface area contributed by atoms with Gasteiger partial charge in [-0.1, -0.05) is 55.8 Å². The summed E-state index contributed by atoms with van der Waals surface area (Å²) in [5, 5.41) is 8.70. The van der Waals surface area contributed by atoms with Crippen LogP contribution in [-0.4, -0.2) is 23.8 Å². The molecule has 2 aromatic rings. The summed E-state index contributed by atoms with van der Waals surface area (Å²) in [5.74, 6) is -1.54. The molecular weight excluding hydrogens is 402 g/mol. The maximum absolute atomic E-state index is 12.4. The number of hydrogen-bond acceptors (Lipinski definition) is 3. The Morgan fingerprint density at radius 1 is 0.867 bits per heavy atom. The topological polar surface area (TPSA) is 87.3 Å². The van der Waals surface area contributed by atoms with Crippen molar-refractivity contribution in [3.8, 4) is 0 Å². The number of halogens is 1. The van der Waals surface area contributed by atoms with Crippen LogP contribution in [0.15, 0.2) is 48.5 Å². The van der Waals surface area contributed by atoms with E-state index < -0.39 is 17.9 Å². The van der Waals surface area contributed by atoms with Gasteiger partial charge in [0.1, 0.15) is 0 Å². The van der Waals surface area contributed by atoms with Crippen LogP contribution >= 0.6 is 11.6 Å². The average Bonchev–Trinajstić information content (AvgIpc) is 2.67. The number of carbonyl (C=O) groups is 3. The first-order valence-corrected chi connectivity index (χ1v) is 10.3. The number of amides is 3. The van der Waals surface area contributed by atoms with E-state index in [4.69, 9.17) is 11.6 Å². The van der Waals surface area contributed by atoms with Crippen LogP contribution < -0.4 is 16.0 Å². The van der Waals surface area contributed by atoms with Crippen LogP contribution in [0.5, 0.6) is 0 Å². The molecule has 2 aromatic carbocycles. The Balaban J connectivity index is 1.98. The zero-order chi connectivity index (χ0) is 22.3. The van der Waals surface area contributed by atoms with Crippen LogP contribution in [0.3, 0.4) is 0 Å². The van der Waals surface area contributed by atoms with Crippen molar-refractivity contribution in [2.75, 3.05) is 5.32 Å². The van der Waals surface area contributed by atoms with Crippen molar-refractivity contribution >= 4 is 35.0 Å². The third-order valence-corrected chi connectivity index (χ3v) is 4.77. The Morgan fingerprint density at radius 3 is 2.07 bits per heavy atom. The molecule has 160 valence electrons. The zero-order valence-electron chi connectivity index (χ0n) is 17.7. The Labute approximate surface area is 182 Å². The van der Waals surface area contributed by atoms with E-state index in [1.807, 2.05) is 45.9 Å². The second kappa shape index (κ2) is 10.8. The molecule has 2 rings (SSSR count). The molecule has 0 aliphatic heterocycles. The third kappa shape index (κ3) is 6.88. The number of carbonyl (C=O) groups excluding carboxylic acids is 3. The Bertz CT molecular complexity index is 895. The van der Waals surface area contributed by atoms with Gasteiger partial charge in [-0.25, -0.2) is 0 Å². The van der Waals surface area contributed by atoms with Crippen molar-refractivity contribution in [2.45, 2.75) is 46.2 Å². The predicted molar refractivity (Wildman–Crippen MR) is 119 cm³/mol. The first-order chi connectivity index (χ1) is 14.2. The van der Waals surface area contributed by atoms with Gasteiger partial charge >= 0.3 is 11.8 Å². The van der Waals surface area contributed by atoms with E-state index in [2.05, 4.69) is 16.0 Å². The minimum Gasteiger partial charge on any atom is -0.354 e. The number of rotatable bonds is 7. The lowest BCUT2D eigenvalue weighted by Crippen LogP contribution is -2.39. The van der Waals surface area contributed by atoms with Crippen LogP contribution in [0.1, 0.15) is 44.9 Å². The van der Waals surface area contributed by atoms with Crippen LogP contribution in [-0.2, 0) is 20.8 Å². The summed E-state index contributed by atoms with van der Waals surface area (Å²) >= 11 is 6.25. The molecule has 3 N–H and O–H groups in total. The Morgan fingerprint density at radius 2 is 1.50 bits per heavy atom. The maximum atomic E-state index is 12.4. The Kier molecular flexibility index (Phi) is 8.42. The Hall–Kier alpha value is -2.86. The molecule has 3 amide bonds. The second-order valence-corrected chi connectivity index (χ2v) is 8.17. The standard InChI is InChI=1S/C23H28ClN3O3/c1-14(2)21(18-7-5-6-8-19(18)24)27-23(30)22(29)26-17-11-9-16(10-12-17)13-20(28)25-15(3)4/h5-12,14-15,21H,13H2,1-4H3,(H,25,28)(H,26,29)(H,27,30). The normalized spacial score (nSPS) is 11.8. The number of hydrogen-bond donors (Lipinski definition) is 3.